The predicted molar refractivity (Wildman–Crippen MR) is 98.5 cm³/mol. The smallest absolute Gasteiger partial charge is 0.254 e. The van der Waals surface area contributed by atoms with Crippen LogP contribution in [-0.2, 0) is 6.54 Å². The van der Waals surface area contributed by atoms with Crippen LogP contribution in [0.15, 0.2) is 42.5 Å². The van der Waals surface area contributed by atoms with Gasteiger partial charge in [0.2, 0.25) is 0 Å². The molecule has 5 heteroatoms. The fourth-order valence-corrected chi connectivity index (χ4v) is 3.05. The Bertz CT molecular complexity index is 746. The number of rotatable bonds is 4. The van der Waals surface area contributed by atoms with Crippen LogP contribution in [0.3, 0.4) is 0 Å². The Labute approximate surface area is 153 Å². The number of hydrogen-bond donors (Lipinski definition) is 0. The molecule has 1 aliphatic heterocycles. The van der Waals surface area contributed by atoms with E-state index in [2.05, 4.69) is 0 Å². The van der Waals surface area contributed by atoms with Crippen molar-refractivity contribution in [3.8, 4) is 11.5 Å². The minimum Gasteiger partial charge on any atom is -0.489 e. The normalized spacial score (nSPS) is 13.4. The van der Waals surface area contributed by atoms with Crippen LogP contribution < -0.4 is 9.47 Å². The molecule has 2 aromatic carbocycles. The number of fused-ring (bicyclic) bond motifs is 1. The maximum Gasteiger partial charge on any atom is 0.254 e. The summed E-state index contributed by atoms with van der Waals surface area (Å²) >= 11 is 6.33. The SMILES string of the molecule is CC(C)N(Cc1ccccc1)C(=O)c1cc(Cl)c2c(c1)OCCCO2. The number of nitrogens with zero attached hydrogens (tertiary/aromatic N) is 1. The summed E-state index contributed by atoms with van der Waals surface area (Å²) in [5.41, 5.74) is 1.60. The molecule has 3 rings (SSSR count). The van der Waals surface area contributed by atoms with E-state index in [0.717, 1.165) is 12.0 Å². The molecular weight excluding hydrogens is 338 g/mol. The van der Waals surface area contributed by atoms with E-state index in [9.17, 15) is 4.79 Å². The lowest BCUT2D eigenvalue weighted by molar-refractivity contribution is 0.0690. The number of hydrogen-bond acceptors (Lipinski definition) is 3. The minimum absolute atomic E-state index is 0.0578. The summed E-state index contributed by atoms with van der Waals surface area (Å²) in [6.07, 6.45) is 0.792. The molecule has 0 bridgehead atoms. The van der Waals surface area contributed by atoms with Gasteiger partial charge in [-0.3, -0.25) is 4.79 Å². The molecule has 1 aliphatic rings. The Kier molecular flexibility index (Phi) is 5.49. The van der Waals surface area contributed by atoms with Crippen molar-refractivity contribution < 1.29 is 14.3 Å². The third kappa shape index (κ3) is 4.07. The molecular formula is C20H22ClNO3. The number of benzene rings is 2. The van der Waals surface area contributed by atoms with Crippen LogP contribution in [0.2, 0.25) is 5.02 Å². The van der Waals surface area contributed by atoms with Crippen LogP contribution in [0.25, 0.3) is 0 Å². The van der Waals surface area contributed by atoms with Crippen LogP contribution in [0, 0.1) is 0 Å². The van der Waals surface area contributed by atoms with E-state index in [4.69, 9.17) is 21.1 Å². The topological polar surface area (TPSA) is 38.8 Å². The van der Waals surface area contributed by atoms with E-state index in [1.54, 1.807) is 12.1 Å². The minimum atomic E-state index is -0.0728. The summed E-state index contributed by atoms with van der Waals surface area (Å²) < 4.78 is 11.3. The van der Waals surface area contributed by atoms with Crippen molar-refractivity contribution in [1.82, 2.24) is 4.90 Å². The lowest BCUT2D eigenvalue weighted by Crippen LogP contribution is -2.36. The molecule has 4 nitrogen and oxygen atoms in total. The molecule has 132 valence electrons. The Morgan fingerprint density at radius 3 is 2.60 bits per heavy atom. The van der Waals surface area contributed by atoms with Gasteiger partial charge in [-0.15, -0.1) is 0 Å². The summed E-state index contributed by atoms with van der Waals surface area (Å²) in [6, 6.07) is 13.4. The molecule has 1 heterocycles. The summed E-state index contributed by atoms with van der Waals surface area (Å²) in [6.45, 7) is 5.67. The summed E-state index contributed by atoms with van der Waals surface area (Å²) in [7, 11) is 0. The second-order valence-corrected chi connectivity index (χ2v) is 6.76. The zero-order chi connectivity index (χ0) is 17.8. The van der Waals surface area contributed by atoms with E-state index < -0.39 is 0 Å². The Hall–Kier alpha value is -2.20. The van der Waals surface area contributed by atoms with Crippen LogP contribution in [0.1, 0.15) is 36.2 Å². The van der Waals surface area contributed by atoms with Gasteiger partial charge in [-0.25, -0.2) is 0 Å². The van der Waals surface area contributed by atoms with Gasteiger partial charge in [-0.05, 0) is 31.5 Å². The Morgan fingerprint density at radius 1 is 1.16 bits per heavy atom. The predicted octanol–water partition coefficient (Wildman–Crippen LogP) is 4.55. The van der Waals surface area contributed by atoms with Crippen molar-refractivity contribution in [2.24, 2.45) is 0 Å². The first-order valence-corrected chi connectivity index (χ1v) is 8.88. The molecule has 0 atom stereocenters. The Balaban J connectivity index is 1.89. The molecule has 0 saturated heterocycles. The standard InChI is InChI=1S/C20H22ClNO3/c1-14(2)22(13-15-7-4-3-5-8-15)20(23)16-11-17(21)19-18(12-16)24-9-6-10-25-19/h3-5,7-8,11-12,14H,6,9-10,13H2,1-2H3. The fraction of sp³-hybridized carbons (Fsp3) is 0.350. The number of amides is 1. The average molecular weight is 360 g/mol. The summed E-state index contributed by atoms with van der Waals surface area (Å²) in [4.78, 5) is 14.9. The molecule has 0 unspecified atom stereocenters. The van der Waals surface area contributed by atoms with E-state index in [1.165, 1.54) is 0 Å². The fourth-order valence-electron chi connectivity index (χ4n) is 2.79. The second-order valence-electron chi connectivity index (χ2n) is 6.35. The molecule has 2 aromatic rings. The molecule has 0 radical (unpaired) electrons. The van der Waals surface area contributed by atoms with Crippen molar-refractivity contribution in [2.75, 3.05) is 13.2 Å². The molecule has 0 aliphatic carbocycles. The van der Waals surface area contributed by atoms with Crippen molar-refractivity contribution in [3.05, 3.63) is 58.6 Å². The summed E-state index contributed by atoms with van der Waals surface area (Å²) in [5, 5.41) is 0.408. The highest BCUT2D eigenvalue weighted by Crippen LogP contribution is 2.38. The zero-order valence-electron chi connectivity index (χ0n) is 14.5. The third-order valence-electron chi connectivity index (χ3n) is 4.13. The van der Waals surface area contributed by atoms with Gasteiger partial charge in [0.05, 0.1) is 18.2 Å². The van der Waals surface area contributed by atoms with Gasteiger partial charge < -0.3 is 14.4 Å². The second kappa shape index (κ2) is 7.79. The van der Waals surface area contributed by atoms with Gasteiger partial charge in [0.1, 0.15) is 0 Å². The lowest BCUT2D eigenvalue weighted by Gasteiger charge is -2.27. The van der Waals surface area contributed by atoms with Crippen molar-refractivity contribution in [2.45, 2.75) is 32.9 Å². The van der Waals surface area contributed by atoms with Crippen LogP contribution in [0.4, 0.5) is 0 Å². The van der Waals surface area contributed by atoms with Crippen LogP contribution in [-0.4, -0.2) is 30.1 Å². The third-order valence-corrected chi connectivity index (χ3v) is 4.41. The zero-order valence-corrected chi connectivity index (χ0v) is 15.3. The van der Waals surface area contributed by atoms with Gasteiger partial charge in [0, 0.05) is 24.6 Å². The van der Waals surface area contributed by atoms with Gasteiger partial charge in [-0.1, -0.05) is 41.9 Å². The van der Waals surface area contributed by atoms with Crippen molar-refractivity contribution >= 4 is 17.5 Å². The van der Waals surface area contributed by atoms with Gasteiger partial charge in [0.25, 0.3) is 5.91 Å². The molecule has 0 saturated carbocycles. The van der Waals surface area contributed by atoms with Crippen LogP contribution >= 0.6 is 11.6 Å². The highest BCUT2D eigenvalue weighted by molar-refractivity contribution is 6.32. The first-order chi connectivity index (χ1) is 12.1. The monoisotopic (exact) mass is 359 g/mol. The van der Waals surface area contributed by atoms with E-state index in [1.807, 2.05) is 49.1 Å². The molecule has 0 N–H and O–H groups in total. The Morgan fingerprint density at radius 2 is 1.88 bits per heavy atom. The number of halogens is 1. The van der Waals surface area contributed by atoms with Gasteiger partial charge >= 0.3 is 0 Å². The van der Waals surface area contributed by atoms with Gasteiger partial charge in [0.15, 0.2) is 11.5 Å². The maximum absolute atomic E-state index is 13.1. The first-order valence-electron chi connectivity index (χ1n) is 8.50. The molecule has 25 heavy (non-hydrogen) atoms. The molecule has 1 amide bonds. The van der Waals surface area contributed by atoms with Gasteiger partial charge in [-0.2, -0.15) is 0 Å². The maximum atomic E-state index is 13.1. The first kappa shape index (κ1) is 17.6. The van der Waals surface area contributed by atoms with Crippen molar-refractivity contribution in [1.29, 1.82) is 0 Å². The van der Waals surface area contributed by atoms with E-state index >= 15 is 0 Å². The highest BCUT2D eigenvalue weighted by atomic mass is 35.5. The lowest BCUT2D eigenvalue weighted by atomic mass is 10.1. The van der Waals surface area contributed by atoms with E-state index in [-0.39, 0.29) is 11.9 Å². The quantitative estimate of drug-likeness (QED) is 0.803. The average Bonchev–Trinajstić information content (AvgIpc) is 2.85. The summed E-state index contributed by atoms with van der Waals surface area (Å²) in [5.74, 6) is 0.989. The number of carbonyl (C=O) groups is 1. The number of ether oxygens (including phenoxy) is 2. The number of carbonyl (C=O) groups excluding carboxylic acids is 1. The van der Waals surface area contributed by atoms with Crippen LogP contribution in [0.5, 0.6) is 11.5 Å². The van der Waals surface area contributed by atoms with E-state index in [0.29, 0.717) is 41.8 Å². The molecule has 0 spiro atoms. The molecule has 0 aromatic heterocycles. The largest absolute Gasteiger partial charge is 0.489 e. The highest BCUT2D eigenvalue weighted by Gasteiger charge is 2.23. The van der Waals surface area contributed by atoms with Crippen molar-refractivity contribution in [3.63, 3.8) is 0 Å². The molecule has 0 fully saturated rings.